The van der Waals surface area contributed by atoms with Gasteiger partial charge >= 0.3 is 12.1 Å². The maximum atomic E-state index is 13.0. The lowest BCUT2D eigenvalue weighted by Gasteiger charge is -2.32. The molecule has 1 aromatic carbocycles. The van der Waals surface area contributed by atoms with Crippen LogP contribution < -0.4 is 11.1 Å². The second-order valence-corrected chi connectivity index (χ2v) is 7.58. The zero-order chi connectivity index (χ0) is 21.8. The van der Waals surface area contributed by atoms with Crippen LogP contribution in [-0.4, -0.2) is 48.2 Å². The molecule has 1 aliphatic heterocycles. The zero-order valence-corrected chi connectivity index (χ0v) is 17.7. The molecule has 0 bridgehead atoms. The maximum Gasteiger partial charge on any atom is 0.409 e. The monoisotopic (exact) mass is 419 g/mol. The van der Waals surface area contributed by atoms with Crippen LogP contribution in [0.25, 0.3) is 0 Å². The van der Waals surface area contributed by atoms with E-state index in [0.717, 1.165) is 31.2 Å². The number of hydrogen-bond acceptors (Lipinski definition) is 6. The van der Waals surface area contributed by atoms with E-state index in [2.05, 4.69) is 5.32 Å². The number of unbranched alkanes of at least 4 members (excludes halogenated alkanes) is 1. The van der Waals surface area contributed by atoms with Crippen LogP contribution in [0.4, 0.5) is 4.79 Å². The minimum atomic E-state index is -1.62. The van der Waals surface area contributed by atoms with Crippen molar-refractivity contribution in [3.8, 4) is 0 Å². The second kappa shape index (κ2) is 12.2. The minimum Gasteiger partial charge on any atom is -0.466 e. The van der Waals surface area contributed by atoms with Gasteiger partial charge in [0.05, 0.1) is 6.61 Å². The van der Waals surface area contributed by atoms with Gasteiger partial charge < -0.3 is 20.1 Å². The molecule has 2 amide bonds. The van der Waals surface area contributed by atoms with Gasteiger partial charge in [-0.1, -0.05) is 43.7 Å². The summed E-state index contributed by atoms with van der Waals surface area (Å²) >= 11 is 0. The van der Waals surface area contributed by atoms with Gasteiger partial charge in [0.15, 0.2) is 5.66 Å². The van der Waals surface area contributed by atoms with Crippen molar-refractivity contribution in [3.63, 3.8) is 0 Å². The van der Waals surface area contributed by atoms with E-state index >= 15 is 0 Å². The molecule has 3 N–H and O–H groups in total. The number of nitrogens with zero attached hydrogens (tertiary/aromatic N) is 1. The summed E-state index contributed by atoms with van der Waals surface area (Å²) in [5.74, 6) is -0.679. The summed E-state index contributed by atoms with van der Waals surface area (Å²) in [5.41, 5.74) is 5.55. The minimum absolute atomic E-state index is 0.0738. The van der Waals surface area contributed by atoms with E-state index in [-0.39, 0.29) is 31.3 Å². The van der Waals surface area contributed by atoms with E-state index in [1.54, 1.807) is 4.90 Å². The van der Waals surface area contributed by atoms with Gasteiger partial charge in [-0.15, -0.1) is 0 Å². The van der Waals surface area contributed by atoms with E-state index in [4.69, 9.17) is 15.2 Å². The molecular weight excluding hydrogens is 386 g/mol. The summed E-state index contributed by atoms with van der Waals surface area (Å²) in [6.07, 6.45) is 3.38. The lowest BCUT2D eigenvalue weighted by atomic mass is 10.0. The van der Waals surface area contributed by atoms with Gasteiger partial charge in [-0.2, -0.15) is 0 Å². The van der Waals surface area contributed by atoms with Crippen LogP contribution in [0.15, 0.2) is 30.3 Å². The van der Waals surface area contributed by atoms with Gasteiger partial charge in [-0.05, 0) is 37.7 Å². The molecule has 1 aliphatic rings. The molecule has 0 saturated carbocycles. The Hall–Kier alpha value is -2.61. The molecule has 1 atom stereocenters. The first-order valence-electron chi connectivity index (χ1n) is 10.7. The summed E-state index contributed by atoms with van der Waals surface area (Å²) in [7, 11) is 0. The average Bonchev–Trinajstić information content (AvgIpc) is 3.27. The van der Waals surface area contributed by atoms with Gasteiger partial charge in [0.25, 0.3) is 5.91 Å². The second-order valence-electron chi connectivity index (χ2n) is 7.58. The number of rotatable bonds is 11. The normalized spacial score (nSPS) is 15.3. The Morgan fingerprint density at radius 1 is 1.10 bits per heavy atom. The van der Waals surface area contributed by atoms with E-state index in [9.17, 15) is 14.4 Å². The number of ether oxygens (including phenoxy) is 2. The highest BCUT2D eigenvalue weighted by Crippen LogP contribution is 2.18. The molecule has 0 spiro atoms. The third-order valence-electron chi connectivity index (χ3n) is 5.03. The molecule has 1 fully saturated rings. The Kier molecular flexibility index (Phi) is 9.60. The Balaban J connectivity index is 1.92. The molecule has 1 aromatic rings. The number of carbonyl (C=O) groups excluding carboxylic acids is 3. The molecule has 1 heterocycles. The smallest absolute Gasteiger partial charge is 0.409 e. The fourth-order valence-corrected chi connectivity index (χ4v) is 3.28. The van der Waals surface area contributed by atoms with E-state index in [1.165, 1.54) is 0 Å². The number of nitrogens with one attached hydrogen (secondary N) is 1. The van der Waals surface area contributed by atoms with E-state index < -0.39 is 11.8 Å². The fourth-order valence-electron chi connectivity index (χ4n) is 3.28. The largest absolute Gasteiger partial charge is 0.466 e. The quantitative estimate of drug-likeness (QED) is 0.324. The Labute approximate surface area is 178 Å². The summed E-state index contributed by atoms with van der Waals surface area (Å²) in [6.45, 7) is 3.70. The number of likely N-dealkylation sites (tertiary alicyclic amines) is 1. The van der Waals surface area contributed by atoms with Gasteiger partial charge in [0.1, 0.15) is 6.61 Å². The topological polar surface area (TPSA) is 111 Å². The first-order valence-corrected chi connectivity index (χ1v) is 10.7. The number of amides is 2. The number of alkyl carbamates (subject to hydrolysis) is 1. The summed E-state index contributed by atoms with van der Waals surface area (Å²) in [6, 6.07) is 9.24. The number of hydrogen-bond donors (Lipinski definition) is 2. The molecule has 2 rings (SSSR count). The van der Waals surface area contributed by atoms with Gasteiger partial charge in [-0.25, -0.2) is 4.79 Å². The van der Waals surface area contributed by atoms with E-state index in [0.29, 0.717) is 26.1 Å². The molecule has 0 radical (unpaired) electrons. The summed E-state index contributed by atoms with van der Waals surface area (Å²) < 4.78 is 10.4. The Bertz CT molecular complexity index is 691. The Morgan fingerprint density at radius 3 is 2.47 bits per heavy atom. The third-order valence-corrected chi connectivity index (χ3v) is 5.03. The molecule has 30 heavy (non-hydrogen) atoms. The lowest BCUT2D eigenvalue weighted by Crippen LogP contribution is -2.65. The number of benzene rings is 1. The highest BCUT2D eigenvalue weighted by atomic mass is 16.5. The molecule has 8 nitrogen and oxygen atoms in total. The van der Waals surface area contributed by atoms with Crippen LogP contribution in [0.3, 0.4) is 0 Å². The summed E-state index contributed by atoms with van der Waals surface area (Å²) in [5, 5.41) is 2.54. The molecule has 0 aliphatic carbocycles. The number of nitrogens with two attached hydrogens (primary N) is 1. The van der Waals surface area contributed by atoms with Gasteiger partial charge in [-0.3, -0.25) is 14.9 Å². The lowest BCUT2D eigenvalue weighted by molar-refractivity contribution is -0.144. The molecule has 8 heteroatoms. The third kappa shape index (κ3) is 7.67. The van der Waals surface area contributed by atoms with Crippen molar-refractivity contribution in [3.05, 3.63) is 35.9 Å². The number of carbonyl (C=O) groups is 3. The fraction of sp³-hybridized carbons (Fsp3) is 0.591. The molecule has 0 aromatic heterocycles. The van der Waals surface area contributed by atoms with Crippen molar-refractivity contribution >= 4 is 18.0 Å². The highest BCUT2D eigenvalue weighted by Gasteiger charge is 2.40. The van der Waals surface area contributed by atoms with Crippen molar-refractivity contribution in [1.29, 1.82) is 0 Å². The predicted molar refractivity (Wildman–Crippen MR) is 112 cm³/mol. The van der Waals surface area contributed by atoms with Gasteiger partial charge in [0, 0.05) is 19.5 Å². The van der Waals surface area contributed by atoms with Crippen LogP contribution >= 0.6 is 0 Å². The molecule has 1 saturated heterocycles. The van der Waals surface area contributed by atoms with Crippen LogP contribution in [0, 0.1) is 0 Å². The standard InChI is InChI=1S/C22H33N3O5/c1-2-3-16-29-19(26)12-9-13-22(23,20(27)25-14-7-8-15-25)24-21(28)30-17-18-10-5-4-6-11-18/h4-6,10-11H,2-3,7-9,12-17,23H2,1H3,(H,24,28). The Morgan fingerprint density at radius 2 is 1.80 bits per heavy atom. The SMILES string of the molecule is CCCCOC(=O)CCCC(N)(NC(=O)OCc1ccccc1)C(=O)N1CCCC1. The molecule has 166 valence electrons. The van der Waals surface area contributed by atoms with Crippen LogP contribution in [0.1, 0.15) is 57.4 Å². The van der Waals surface area contributed by atoms with Crippen molar-refractivity contribution in [2.45, 2.75) is 64.1 Å². The van der Waals surface area contributed by atoms with Crippen LogP contribution in [0.2, 0.25) is 0 Å². The molecular formula is C22H33N3O5. The summed E-state index contributed by atoms with van der Waals surface area (Å²) in [4.78, 5) is 38.8. The molecule has 1 unspecified atom stereocenters. The average molecular weight is 420 g/mol. The maximum absolute atomic E-state index is 13.0. The van der Waals surface area contributed by atoms with Crippen molar-refractivity contribution in [2.75, 3.05) is 19.7 Å². The van der Waals surface area contributed by atoms with Crippen molar-refractivity contribution in [2.24, 2.45) is 5.73 Å². The van der Waals surface area contributed by atoms with Crippen molar-refractivity contribution < 1.29 is 23.9 Å². The van der Waals surface area contributed by atoms with Crippen LogP contribution in [-0.2, 0) is 25.7 Å². The first kappa shape index (κ1) is 23.7. The zero-order valence-electron chi connectivity index (χ0n) is 17.7. The van der Waals surface area contributed by atoms with Crippen LogP contribution in [0.5, 0.6) is 0 Å². The number of esters is 1. The highest BCUT2D eigenvalue weighted by molar-refractivity contribution is 5.89. The van der Waals surface area contributed by atoms with Crippen molar-refractivity contribution in [1.82, 2.24) is 10.2 Å². The van der Waals surface area contributed by atoms with Gasteiger partial charge in [0.2, 0.25) is 0 Å². The predicted octanol–water partition coefficient (Wildman–Crippen LogP) is 2.70. The first-order chi connectivity index (χ1) is 14.4. The van der Waals surface area contributed by atoms with E-state index in [1.807, 2.05) is 37.3 Å².